The summed E-state index contributed by atoms with van der Waals surface area (Å²) < 4.78 is 0. The van der Waals surface area contributed by atoms with Crippen LogP contribution in [0.2, 0.25) is 0 Å². The van der Waals surface area contributed by atoms with Crippen molar-refractivity contribution in [3.63, 3.8) is 0 Å². The molecule has 0 aliphatic carbocycles. The van der Waals surface area contributed by atoms with Gasteiger partial charge in [-0.05, 0) is 52.6 Å². The molecule has 0 bridgehead atoms. The summed E-state index contributed by atoms with van der Waals surface area (Å²) in [6.45, 7) is 8.41. The molecule has 4 aromatic rings. The van der Waals surface area contributed by atoms with Gasteiger partial charge in [0.25, 0.3) is 5.56 Å². The summed E-state index contributed by atoms with van der Waals surface area (Å²) in [5, 5.41) is 9.85. The Bertz CT molecular complexity index is 1170. The standard InChI is InChI=1S/C22H23N3O/c1-12(2)18-10-16-9-14(6-8-19(16)23-22(18)26)15-5-7-17-20(11-15)24-25-21(17)13(3)4/h5-13H,1-4H3,(H,23,26)(H,24,25). The van der Waals surface area contributed by atoms with Crippen molar-refractivity contribution in [3.8, 4) is 11.1 Å². The van der Waals surface area contributed by atoms with Crippen LogP contribution in [0.25, 0.3) is 32.9 Å². The van der Waals surface area contributed by atoms with E-state index >= 15 is 0 Å². The van der Waals surface area contributed by atoms with Gasteiger partial charge >= 0.3 is 0 Å². The van der Waals surface area contributed by atoms with E-state index in [0.29, 0.717) is 5.92 Å². The van der Waals surface area contributed by atoms with E-state index in [4.69, 9.17) is 0 Å². The molecule has 0 radical (unpaired) electrons. The SMILES string of the molecule is CC(C)c1cc2cc(-c3ccc4c(C(C)C)[nH]nc4c3)ccc2[nH]c1=O. The third kappa shape index (κ3) is 2.71. The lowest BCUT2D eigenvalue weighted by atomic mass is 9.98. The number of hydrogen-bond donors (Lipinski definition) is 2. The molecule has 0 aliphatic heterocycles. The van der Waals surface area contributed by atoms with E-state index in [9.17, 15) is 4.79 Å². The Hall–Kier alpha value is -2.88. The maximum absolute atomic E-state index is 12.2. The fourth-order valence-corrected chi connectivity index (χ4v) is 3.48. The highest BCUT2D eigenvalue weighted by molar-refractivity contribution is 5.89. The number of aromatic nitrogens is 3. The zero-order valence-corrected chi connectivity index (χ0v) is 15.6. The lowest BCUT2D eigenvalue weighted by Crippen LogP contribution is -2.13. The molecule has 0 spiro atoms. The van der Waals surface area contributed by atoms with Crippen LogP contribution in [-0.2, 0) is 0 Å². The van der Waals surface area contributed by atoms with Crippen LogP contribution < -0.4 is 5.56 Å². The highest BCUT2D eigenvalue weighted by atomic mass is 16.1. The minimum absolute atomic E-state index is 0.000549. The second-order valence-corrected chi connectivity index (χ2v) is 7.53. The molecular weight excluding hydrogens is 322 g/mol. The van der Waals surface area contributed by atoms with E-state index in [1.165, 1.54) is 11.1 Å². The summed E-state index contributed by atoms with van der Waals surface area (Å²) >= 11 is 0. The van der Waals surface area contributed by atoms with E-state index in [2.05, 4.69) is 53.3 Å². The van der Waals surface area contributed by atoms with E-state index in [1.807, 2.05) is 32.0 Å². The van der Waals surface area contributed by atoms with E-state index < -0.39 is 0 Å². The van der Waals surface area contributed by atoms with Gasteiger partial charge in [0.1, 0.15) is 0 Å². The molecule has 2 heterocycles. The molecule has 2 aromatic heterocycles. The summed E-state index contributed by atoms with van der Waals surface area (Å²) in [7, 11) is 0. The van der Waals surface area contributed by atoms with E-state index in [1.54, 1.807) is 0 Å². The van der Waals surface area contributed by atoms with Gasteiger partial charge in [0.05, 0.1) is 5.52 Å². The second kappa shape index (κ2) is 6.13. The maximum atomic E-state index is 12.2. The Labute approximate surface area is 152 Å². The van der Waals surface area contributed by atoms with Crippen LogP contribution in [0.3, 0.4) is 0 Å². The van der Waals surface area contributed by atoms with Crippen LogP contribution >= 0.6 is 0 Å². The Balaban J connectivity index is 1.84. The van der Waals surface area contributed by atoms with Crippen molar-refractivity contribution in [2.75, 3.05) is 0 Å². The monoisotopic (exact) mass is 345 g/mol. The number of H-pyrrole nitrogens is 2. The molecule has 0 aliphatic rings. The molecule has 0 fully saturated rings. The summed E-state index contributed by atoms with van der Waals surface area (Å²) in [6.07, 6.45) is 0. The predicted octanol–water partition coefficient (Wildman–Crippen LogP) is 5.32. The molecule has 0 atom stereocenters. The zero-order valence-electron chi connectivity index (χ0n) is 15.6. The average Bonchev–Trinajstić information content (AvgIpc) is 3.04. The number of hydrogen-bond acceptors (Lipinski definition) is 2. The van der Waals surface area contributed by atoms with Gasteiger partial charge in [-0.25, -0.2) is 0 Å². The molecule has 26 heavy (non-hydrogen) atoms. The summed E-state index contributed by atoms with van der Waals surface area (Å²) in [4.78, 5) is 15.2. The van der Waals surface area contributed by atoms with Crippen molar-refractivity contribution in [1.29, 1.82) is 0 Å². The Morgan fingerprint density at radius 1 is 0.885 bits per heavy atom. The molecule has 2 N–H and O–H groups in total. The number of benzene rings is 2. The summed E-state index contributed by atoms with van der Waals surface area (Å²) in [5.41, 5.74) is 6.08. The van der Waals surface area contributed by atoms with Gasteiger partial charge in [0.15, 0.2) is 0 Å². The molecule has 0 unspecified atom stereocenters. The number of nitrogens with zero attached hydrogens (tertiary/aromatic N) is 1. The first-order valence-corrected chi connectivity index (χ1v) is 9.09. The van der Waals surface area contributed by atoms with Gasteiger partial charge < -0.3 is 4.98 Å². The maximum Gasteiger partial charge on any atom is 0.251 e. The Morgan fingerprint density at radius 3 is 2.35 bits per heavy atom. The smallest absolute Gasteiger partial charge is 0.251 e. The number of rotatable bonds is 3. The number of nitrogens with one attached hydrogen (secondary N) is 2. The van der Waals surface area contributed by atoms with Crippen molar-refractivity contribution in [1.82, 2.24) is 15.2 Å². The highest BCUT2D eigenvalue weighted by Crippen LogP contribution is 2.29. The molecule has 4 nitrogen and oxygen atoms in total. The summed E-state index contributed by atoms with van der Waals surface area (Å²) in [6, 6.07) is 14.6. The fraction of sp³-hybridized carbons (Fsp3) is 0.273. The third-order valence-electron chi connectivity index (χ3n) is 4.99. The number of aromatic amines is 2. The molecule has 0 saturated carbocycles. The lowest BCUT2D eigenvalue weighted by Gasteiger charge is -2.08. The quantitative estimate of drug-likeness (QED) is 0.528. The van der Waals surface area contributed by atoms with Gasteiger partial charge in [-0.3, -0.25) is 9.89 Å². The Kier molecular flexibility index (Phi) is 3.91. The van der Waals surface area contributed by atoms with Gasteiger partial charge in [0.2, 0.25) is 0 Å². The van der Waals surface area contributed by atoms with Gasteiger partial charge in [-0.1, -0.05) is 45.9 Å². The number of pyridine rings is 1. The highest BCUT2D eigenvalue weighted by Gasteiger charge is 2.11. The Morgan fingerprint density at radius 2 is 1.62 bits per heavy atom. The summed E-state index contributed by atoms with van der Waals surface area (Å²) in [5.74, 6) is 0.611. The zero-order chi connectivity index (χ0) is 18.4. The first-order chi connectivity index (χ1) is 12.4. The van der Waals surface area contributed by atoms with Crippen LogP contribution in [0.15, 0.2) is 47.3 Å². The van der Waals surface area contributed by atoms with Crippen LogP contribution in [-0.4, -0.2) is 15.2 Å². The van der Waals surface area contributed by atoms with Crippen LogP contribution in [0.5, 0.6) is 0 Å². The van der Waals surface area contributed by atoms with Crippen LogP contribution in [0, 0.1) is 0 Å². The minimum Gasteiger partial charge on any atom is -0.322 e. The minimum atomic E-state index is -0.000549. The van der Waals surface area contributed by atoms with E-state index in [-0.39, 0.29) is 11.5 Å². The van der Waals surface area contributed by atoms with Gasteiger partial charge in [-0.2, -0.15) is 5.10 Å². The molecule has 132 valence electrons. The van der Waals surface area contributed by atoms with E-state index in [0.717, 1.165) is 33.1 Å². The average molecular weight is 345 g/mol. The van der Waals surface area contributed by atoms with Crippen molar-refractivity contribution >= 4 is 21.8 Å². The first kappa shape index (κ1) is 16.6. The first-order valence-electron chi connectivity index (χ1n) is 9.09. The van der Waals surface area contributed by atoms with Crippen molar-refractivity contribution in [2.45, 2.75) is 39.5 Å². The predicted molar refractivity (Wildman–Crippen MR) is 108 cm³/mol. The fourth-order valence-electron chi connectivity index (χ4n) is 3.48. The molecule has 0 saturated heterocycles. The largest absolute Gasteiger partial charge is 0.322 e. The number of fused-ring (bicyclic) bond motifs is 2. The van der Waals surface area contributed by atoms with Crippen LogP contribution in [0.4, 0.5) is 0 Å². The molecule has 4 heteroatoms. The molecule has 2 aromatic carbocycles. The van der Waals surface area contributed by atoms with Gasteiger partial charge in [-0.15, -0.1) is 0 Å². The normalized spacial score (nSPS) is 11.9. The molecule has 0 amide bonds. The molecular formula is C22H23N3O. The van der Waals surface area contributed by atoms with Crippen molar-refractivity contribution < 1.29 is 0 Å². The second-order valence-electron chi connectivity index (χ2n) is 7.53. The van der Waals surface area contributed by atoms with Crippen molar-refractivity contribution in [2.24, 2.45) is 0 Å². The van der Waals surface area contributed by atoms with Crippen LogP contribution in [0.1, 0.15) is 50.8 Å². The van der Waals surface area contributed by atoms with Crippen molar-refractivity contribution in [3.05, 3.63) is 64.1 Å². The molecule has 4 rings (SSSR count). The topological polar surface area (TPSA) is 61.5 Å². The van der Waals surface area contributed by atoms with Gasteiger partial charge in [0, 0.05) is 22.2 Å². The lowest BCUT2D eigenvalue weighted by molar-refractivity contribution is 0.818. The third-order valence-corrected chi connectivity index (χ3v) is 4.99.